The predicted octanol–water partition coefficient (Wildman–Crippen LogP) is 3.63. The number of methoxy groups -OCH3 is 1. The maximum atomic E-state index is 14.5. The summed E-state index contributed by atoms with van der Waals surface area (Å²) in [5, 5.41) is 5.09. The molecule has 12 nitrogen and oxygen atoms in total. The normalized spacial score (nSPS) is 16.8. The van der Waals surface area contributed by atoms with E-state index in [2.05, 4.69) is 5.16 Å². The van der Waals surface area contributed by atoms with Crippen molar-refractivity contribution in [3.05, 3.63) is 62.2 Å². The van der Waals surface area contributed by atoms with Gasteiger partial charge in [0, 0.05) is 39.2 Å². The lowest BCUT2D eigenvalue weighted by atomic mass is 10.1. The summed E-state index contributed by atoms with van der Waals surface area (Å²) in [6.07, 6.45) is 5.98. The minimum absolute atomic E-state index is 0.0198. The number of ether oxygens (including phenoxy) is 3. The molecule has 0 N–H and O–H groups in total. The fourth-order valence-electron chi connectivity index (χ4n) is 4.91. The van der Waals surface area contributed by atoms with Gasteiger partial charge < -0.3 is 23.9 Å². The van der Waals surface area contributed by atoms with Gasteiger partial charge in [-0.15, -0.1) is 0 Å². The van der Waals surface area contributed by atoms with Crippen LogP contribution in [0.25, 0.3) is 12.0 Å². The van der Waals surface area contributed by atoms with Crippen LogP contribution in [0.3, 0.4) is 0 Å². The lowest BCUT2D eigenvalue weighted by Crippen LogP contribution is -2.57. The largest absolute Gasteiger partial charge is 0.496 e. The van der Waals surface area contributed by atoms with Crippen molar-refractivity contribution in [2.24, 2.45) is 5.16 Å². The van der Waals surface area contributed by atoms with E-state index in [0.29, 0.717) is 44.9 Å². The number of likely N-dealkylation sites (tertiary alicyclic amines) is 1. The Morgan fingerprint density at radius 2 is 1.84 bits per heavy atom. The van der Waals surface area contributed by atoms with Gasteiger partial charge in [-0.3, -0.25) is 9.36 Å². The van der Waals surface area contributed by atoms with Gasteiger partial charge in [0.1, 0.15) is 29.5 Å². The molecule has 1 aromatic carbocycles. The number of carbonyl (C=O) groups is 1. The van der Waals surface area contributed by atoms with Crippen LogP contribution in [-0.4, -0.2) is 78.6 Å². The Bertz CT molecular complexity index is 1470. The number of nitrogens with zero attached hydrogens (tertiary/aromatic N) is 5. The van der Waals surface area contributed by atoms with Crippen molar-refractivity contribution < 1.29 is 28.2 Å². The molecule has 2 aliphatic heterocycles. The first-order chi connectivity index (χ1) is 20.6. The highest BCUT2D eigenvalue weighted by Crippen LogP contribution is 2.31. The topological polar surface area (TPSA) is 117 Å². The molecule has 3 heterocycles. The SMILES string of the molecule is COc1ccc(F)cc1/C(=C/n1cc(/C(C)=N/OC(C)C)c(=O)n(N(C)C(=O)N2CCCCC2)c1=O)OC1CCOCC1. The Balaban J connectivity index is 1.91. The monoisotopic (exact) mass is 601 g/mol. The fraction of sp³-hybridized carbons (Fsp3) is 0.533. The molecule has 2 saturated heterocycles. The molecule has 0 radical (unpaired) electrons. The molecular formula is C30H40FN5O7. The van der Waals surface area contributed by atoms with Crippen molar-refractivity contribution in [3.63, 3.8) is 0 Å². The van der Waals surface area contributed by atoms with Crippen LogP contribution in [0.15, 0.2) is 39.1 Å². The summed E-state index contributed by atoms with van der Waals surface area (Å²) in [5.41, 5.74) is -1.09. The molecule has 0 unspecified atom stereocenters. The van der Waals surface area contributed by atoms with E-state index in [1.807, 2.05) is 0 Å². The van der Waals surface area contributed by atoms with Gasteiger partial charge in [0.15, 0.2) is 0 Å². The second kappa shape index (κ2) is 14.4. The number of piperidine rings is 1. The number of oxime groups is 1. The standard InChI is InChI=1S/C30H40FN5O7/c1-20(2)43-32-21(3)25-18-35(30(39)36(28(25)37)33(4)29(38)34-13-7-6-8-14-34)19-27(42-23-11-15-41-16-12-23)24-17-22(31)9-10-26(24)40-5/h9-10,17-20,23H,6-8,11-16H2,1-5H3/b27-19-,32-21+. The van der Waals surface area contributed by atoms with Crippen LogP contribution in [0.1, 0.15) is 64.0 Å². The van der Waals surface area contributed by atoms with E-state index in [1.165, 1.54) is 44.8 Å². The Kier molecular flexibility index (Phi) is 10.6. The summed E-state index contributed by atoms with van der Waals surface area (Å²) in [7, 11) is 2.83. The van der Waals surface area contributed by atoms with E-state index in [-0.39, 0.29) is 34.8 Å². The summed E-state index contributed by atoms with van der Waals surface area (Å²) in [5.74, 6) is -0.0720. The third-order valence-electron chi connectivity index (χ3n) is 7.23. The number of hydrogen-bond acceptors (Lipinski definition) is 8. The van der Waals surface area contributed by atoms with Crippen molar-refractivity contribution in [2.75, 3.05) is 45.5 Å². The Hall–Kier alpha value is -4.13. The van der Waals surface area contributed by atoms with Crippen LogP contribution >= 0.6 is 0 Å². The lowest BCUT2D eigenvalue weighted by molar-refractivity contribution is 0.0139. The predicted molar refractivity (Wildman–Crippen MR) is 160 cm³/mol. The number of amides is 2. The van der Waals surface area contributed by atoms with E-state index in [1.54, 1.807) is 25.7 Å². The van der Waals surface area contributed by atoms with Crippen LogP contribution < -0.4 is 21.0 Å². The van der Waals surface area contributed by atoms with Crippen molar-refractivity contribution in [1.29, 1.82) is 0 Å². The molecule has 0 saturated carbocycles. The number of benzene rings is 1. The zero-order valence-corrected chi connectivity index (χ0v) is 25.4. The van der Waals surface area contributed by atoms with Gasteiger partial charge in [0.05, 0.1) is 43.4 Å². The van der Waals surface area contributed by atoms with E-state index >= 15 is 0 Å². The highest BCUT2D eigenvalue weighted by atomic mass is 19.1. The summed E-state index contributed by atoms with van der Waals surface area (Å²) >= 11 is 0. The van der Waals surface area contributed by atoms with Gasteiger partial charge in [-0.2, -0.15) is 4.68 Å². The van der Waals surface area contributed by atoms with E-state index in [0.717, 1.165) is 33.5 Å². The number of aromatic nitrogens is 2. The first-order valence-corrected chi connectivity index (χ1v) is 14.5. The van der Waals surface area contributed by atoms with E-state index in [4.69, 9.17) is 19.0 Å². The summed E-state index contributed by atoms with van der Waals surface area (Å²) < 4.78 is 33.7. The summed E-state index contributed by atoms with van der Waals surface area (Å²) in [6, 6.07) is 3.49. The van der Waals surface area contributed by atoms with Crippen molar-refractivity contribution in [3.8, 4) is 5.75 Å². The van der Waals surface area contributed by atoms with Gasteiger partial charge in [-0.1, -0.05) is 5.16 Å². The second-order valence-corrected chi connectivity index (χ2v) is 10.8. The first-order valence-electron chi connectivity index (χ1n) is 14.5. The molecule has 2 aliphatic rings. The Morgan fingerprint density at radius 1 is 1.14 bits per heavy atom. The zero-order valence-electron chi connectivity index (χ0n) is 25.4. The highest BCUT2D eigenvalue weighted by molar-refractivity contribution is 5.98. The van der Waals surface area contributed by atoms with Crippen molar-refractivity contribution in [1.82, 2.24) is 14.1 Å². The molecule has 0 aliphatic carbocycles. The Labute approximate surface area is 249 Å². The molecule has 0 spiro atoms. The molecule has 2 amide bonds. The van der Waals surface area contributed by atoms with Crippen LogP contribution in [0, 0.1) is 5.82 Å². The summed E-state index contributed by atoms with van der Waals surface area (Å²) in [4.78, 5) is 48.1. The first kappa shape index (κ1) is 31.8. The quantitative estimate of drug-likeness (QED) is 0.245. The van der Waals surface area contributed by atoms with Crippen LogP contribution in [-0.2, 0) is 14.3 Å². The molecule has 43 heavy (non-hydrogen) atoms. The number of urea groups is 1. The van der Waals surface area contributed by atoms with Gasteiger partial charge in [0.2, 0.25) is 0 Å². The Morgan fingerprint density at radius 3 is 2.49 bits per heavy atom. The molecule has 2 aromatic rings. The molecular weight excluding hydrogens is 561 g/mol. The summed E-state index contributed by atoms with van der Waals surface area (Å²) in [6.45, 7) is 7.17. The second-order valence-electron chi connectivity index (χ2n) is 10.8. The van der Waals surface area contributed by atoms with Crippen LogP contribution in [0.2, 0.25) is 0 Å². The maximum absolute atomic E-state index is 14.5. The van der Waals surface area contributed by atoms with Crippen molar-refractivity contribution >= 4 is 23.7 Å². The zero-order chi connectivity index (χ0) is 31.1. The molecule has 13 heteroatoms. The van der Waals surface area contributed by atoms with E-state index in [9.17, 15) is 18.8 Å². The van der Waals surface area contributed by atoms with Gasteiger partial charge in [-0.25, -0.2) is 19.0 Å². The molecule has 1 aromatic heterocycles. The molecule has 4 rings (SSSR count). The van der Waals surface area contributed by atoms with E-state index < -0.39 is 23.1 Å². The number of halogens is 1. The van der Waals surface area contributed by atoms with Crippen molar-refractivity contribution in [2.45, 2.75) is 65.1 Å². The van der Waals surface area contributed by atoms with Crippen LogP contribution in [0.4, 0.5) is 9.18 Å². The lowest BCUT2D eigenvalue weighted by Gasteiger charge is -2.31. The number of carbonyl (C=O) groups excluding carboxylic acids is 1. The smallest absolute Gasteiger partial charge is 0.354 e. The number of hydrogen-bond donors (Lipinski definition) is 0. The average molecular weight is 602 g/mol. The molecule has 0 atom stereocenters. The minimum Gasteiger partial charge on any atom is -0.496 e. The minimum atomic E-state index is -0.831. The molecule has 2 fully saturated rings. The maximum Gasteiger partial charge on any atom is 0.354 e. The van der Waals surface area contributed by atoms with Gasteiger partial charge in [0.25, 0.3) is 5.56 Å². The molecule has 0 bridgehead atoms. The number of rotatable bonds is 9. The fourth-order valence-corrected chi connectivity index (χ4v) is 4.91. The van der Waals surface area contributed by atoms with Gasteiger partial charge in [-0.05, 0) is 58.2 Å². The third-order valence-corrected chi connectivity index (χ3v) is 7.23. The molecule has 234 valence electrons. The van der Waals surface area contributed by atoms with Crippen LogP contribution in [0.5, 0.6) is 5.75 Å². The third kappa shape index (κ3) is 7.64. The average Bonchev–Trinajstić information content (AvgIpc) is 3.01. The highest BCUT2D eigenvalue weighted by Gasteiger charge is 2.26. The van der Waals surface area contributed by atoms with Gasteiger partial charge >= 0.3 is 11.7 Å².